The maximum absolute atomic E-state index is 11.9. The number of amides is 2. The van der Waals surface area contributed by atoms with Gasteiger partial charge in [-0.1, -0.05) is 32.9 Å². The third-order valence-corrected chi connectivity index (χ3v) is 2.86. The maximum atomic E-state index is 11.9. The van der Waals surface area contributed by atoms with Crippen molar-refractivity contribution in [2.24, 2.45) is 5.41 Å². The van der Waals surface area contributed by atoms with Gasteiger partial charge in [0.1, 0.15) is 0 Å². The number of rotatable bonds is 4. The number of carbonyl (C=O) groups excluding carboxylic acids is 2. The van der Waals surface area contributed by atoms with E-state index in [1.54, 1.807) is 39.8 Å². The van der Waals surface area contributed by atoms with Gasteiger partial charge in [0.2, 0.25) is 11.8 Å². The smallest absolute Gasteiger partial charge is 0.337 e. The van der Waals surface area contributed by atoms with Crippen LogP contribution in [0.25, 0.3) is 0 Å². The lowest BCUT2D eigenvalue weighted by Crippen LogP contribution is -2.39. The minimum atomic E-state index is -1.12. The fraction of sp³-hybridized carbons (Fsp3) is 0.400. The predicted molar refractivity (Wildman–Crippen MR) is 79.2 cm³/mol. The summed E-state index contributed by atoms with van der Waals surface area (Å²) in [4.78, 5) is 34.7. The van der Waals surface area contributed by atoms with Gasteiger partial charge in [0, 0.05) is 5.41 Å². The molecule has 0 atom stereocenters. The van der Waals surface area contributed by atoms with E-state index in [0.717, 1.165) is 0 Å². The van der Waals surface area contributed by atoms with Crippen molar-refractivity contribution in [3.8, 4) is 0 Å². The highest BCUT2D eigenvalue weighted by atomic mass is 16.4. The Kier molecular flexibility index (Phi) is 5.07. The van der Waals surface area contributed by atoms with Crippen LogP contribution in [0.5, 0.6) is 0 Å². The molecular weight excluding hydrogens is 272 g/mol. The van der Waals surface area contributed by atoms with Gasteiger partial charge in [0.25, 0.3) is 0 Å². The van der Waals surface area contributed by atoms with Gasteiger partial charge >= 0.3 is 5.97 Å². The Bertz CT molecular complexity index is 574. The topological polar surface area (TPSA) is 95.5 Å². The van der Waals surface area contributed by atoms with Crippen LogP contribution in [0.2, 0.25) is 0 Å². The minimum absolute atomic E-state index is 0.0190. The molecule has 21 heavy (non-hydrogen) atoms. The monoisotopic (exact) mass is 292 g/mol. The highest BCUT2D eigenvalue weighted by Crippen LogP contribution is 2.20. The molecule has 1 rings (SSSR count). The Hall–Kier alpha value is -2.37. The fourth-order valence-electron chi connectivity index (χ4n) is 1.62. The molecule has 0 spiro atoms. The molecule has 0 saturated carbocycles. The van der Waals surface area contributed by atoms with Crippen LogP contribution in [0.15, 0.2) is 18.2 Å². The number of carbonyl (C=O) groups is 3. The predicted octanol–water partition coefficient (Wildman–Crippen LogP) is 1.79. The Morgan fingerprint density at radius 1 is 1.19 bits per heavy atom. The van der Waals surface area contributed by atoms with E-state index in [1.165, 1.54) is 6.07 Å². The molecule has 114 valence electrons. The highest BCUT2D eigenvalue weighted by Gasteiger charge is 2.22. The van der Waals surface area contributed by atoms with Gasteiger partial charge in [-0.3, -0.25) is 9.59 Å². The molecule has 0 aliphatic heterocycles. The van der Waals surface area contributed by atoms with E-state index >= 15 is 0 Å². The zero-order chi connectivity index (χ0) is 16.2. The molecule has 6 heteroatoms. The molecule has 0 heterocycles. The quantitative estimate of drug-likeness (QED) is 0.788. The first kappa shape index (κ1) is 16.7. The summed E-state index contributed by atoms with van der Waals surface area (Å²) in [6.45, 7) is 6.72. The molecule has 0 aromatic heterocycles. The van der Waals surface area contributed by atoms with Gasteiger partial charge in [0.05, 0.1) is 17.8 Å². The first-order valence-corrected chi connectivity index (χ1v) is 6.54. The third kappa shape index (κ3) is 4.59. The van der Waals surface area contributed by atoms with Crippen molar-refractivity contribution < 1.29 is 19.5 Å². The second-order valence-corrected chi connectivity index (χ2v) is 5.78. The summed E-state index contributed by atoms with van der Waals surface area (Å²) < 4.78 is 0. The van der Waals surface area contributed by atoms with Crippen molar-refractivity contribution in [3.63, 3.8) is 0 Å². The van der Waals surface area contributed by atoms with Gasteiger partial charge in [0.15, 0.2) is 0 Å². The number of aromatic carboxylic acids is 1. The van der Waals surface area contributed by atoms with Gasteiger partial charge < -0.3 is 15.7 Å². The zero-order valence-corrected chi connectivity index (χ0v) is 12.6. The average molecular weight is 292 g/mol. The van der Waals surface area contributed by atoms with Crippen LogP contribution < -0.4 is 10.6 Å². The summed E-state index contributed by atoms with van der Waals surface area (Å²) in [5, 5.41) is 14.2. The molecule has 0 unspecified atom stereocenters. The number of nitrogens with one attached hydrogen (secondary N) is 2. The molecular formula is C15H20N2O4. The lowest BCUT2D eigenvalue weighted by Gasteiger charge is -2.18. The van der Waals surface area contributed by atoms with Gasteiger partial charge in [-0.25, -0.2) is 4.79 Å². The van der Waals surface area contributed by atoms with Crippen molar-refractivity contribution >= 4 is 23.5 Å². The molecule has 0 radical (unpaired) electrons. The highest BCUT2D eigenvalue weighted by molar-refractivity contribution is 6.02. The summed E-state index contributed by atoms with van der Waals surface area (Å²) in [6.07, 6.45) is 0. The minimum Gasteiger partial charge on any atom is -0.478 e. The van der Waals surface area contributed by atoms with Crippen LogP contribution >= 0.6 is 0 Å². The normalized spacial score (nSPS) is 10.9. The van der Waals surface area contributed by atoms with Crippen LogP contribution in [0.1, 0.15) is 36.7 Å². The molecule has 0 aliphatic rings. The second kappa shape index (κ2) is 6.39. The molecule has 6 nitrogen and oxygen atoms in total. The SMILES string of the molecule is Cc1cccc(C(=O)O)c1NC(=O)CNC(=O)C(C)(C)C. The lowest BCUT2D eigenvalue weighted by molar-refractivity contribution is -0.130. The van der Waals surface area contributed by atoms with Crippen LogP contribution in [0.4, 0.5) is 5.69 Å². The summed E-state index contributed by atoms with van der Waals surface area (Å²) in [7, 11) is 0. The Morgan fingerprint density at radius 2 is 1.81 bits per heavy atom. The Labute approximate surface area is 123 Å². The van der Waals surface area contributed by atoms with Crippen LogP contribution in [-0.4, -0.2) is 29.4 Å². The van der Waals surface area contributed by atoms with E-state index in [0.29, 0.717) is 5.56 Å². The summed E-state index contributed by atoms with van der Waals surface area (Å²) in [5.74, 6) is -1.84. The van der Waals surface area contributed by atoms with Gasteiger partial charge in [-0.15, -0.1) is 0 Å². The number of hydrogen-bond donors (Lipinski definition) is 3. The van der Waals surface area contributed by atoms with E-state index in [2.05, 4.69) is 10.6 Å². The van der Waals surface area contributed by atoms with Gasteiger partial charge in [-0.05, 0) is 18.6 Å². The number of hydrogen-bond acceptors (Lipinski definition) is 3. The summed E-state index contributed by atoms with van der Waals surface area (Å²) >= 11 is 0. The third-order valence-electron chi connectivity index (χ3n) is 2.86. The number of carboxylic acid groups (broad SMARTS) is 1. The van der Waals surface area contributed by atoms with Crippen LogP contribution in [0.3, 0.4) is 0 Å². The van der Waals surface area contributed by atoms with E-state index in [9.17, 15) is 14.4 Å². The van der Waals surface area contributed by atoms with E-state index < -0.39 is 17.3 Å². The number of aryl methyl sites for hydroxylation is 1. The molecule has 0 fully saturated rings. The first-order valence-electron chi connectivity index (χ1n) is 6.54. The van der Waals surface area contributed by atoms with Crippen molar-refractivity contribution in [2.45, 2.75) is 27.7 Å². The Balaban J connectivity index is 2.77. The second-order valence-electron chi connectivity index (χ2n) is 5.78. The van der Waals surface area contributed by atoms with Crippen LogP contribution in [-0.2, 0) is 9.59 Å². The van der Waals surface area contributed by atoms with Crippen molar-refractivity contribution in [1.29, 1.82) is 0 Å². The number of carboxylic acids is 1. The molecule has 0 aliphatic carbocycles. The summed E-state index contributed by atoms with van der Waals surface area (Å²) in [5.41, 5.74) is 0.325. The van der Waals surface area contributed by atoms with Crippen molar-refractivity contribution in [2.75, 3.05) is 11.9 Å². The Morgan fingerprint density at radius 3 is 2.33 bits per heavy atom. The number of benzene rings is 1. The standard InChI is InChI=1S/C15H20N2O4/c1-9-6-5-7-10(13(19)20)12(9)17-11(18)8-16-14(21)15(2,3)4/h5-7H,8H2,1-4H3,(H,16,21)(H,17,18)(H,19,20). The number of para-hydroxylation sites is 1. The largest absolute Gasteiger partial charge is 0.478 e. The molecule has 1 aromatic rings. The maximum Gasteiger partial charge on any atom is 0.337 e. The first-order chi connectivity index (χ1) is 9.62. The van der Waals surface area contributed by atoms with Crippen molar-refractivity contribution in [1.82, 2.24) is 5.32 Å². The van der Waals surface area contributed by atoms with E-state index in [4.69, 9.17) is 5.11 Å². The lowest BCUT2D eigenvalue weighted by atomic mass is 9.96. The molecule has 0 bridgehead atoms. The zero-order valence-electron chi connectivity index (χ0n) is 12.6. The molecule has 2 amide bonds. The average Bonchev–Trinajstić information content (AvgIpc) is 2.36. The molecule has 1 aromatic carbocycles. The summed E-state index contributed by atoms with van der Waals surface area (Å²) in [6, 6.07) is 4.73. The van der Waals surface area contributed by atoms with E-state index in [1.807, 2.05) is 0 Å². The van der Waals surface area contributed by atoms with Crippen molar-refractivity contribution in [3.05, 3.63) is 29.3 Å². The fourth-order valence-corrected chi connectivity index (χ4v) is 1.62. The molecule has 3 N–H and O–H groups in total. The van der Waals surface area contributed by atoms with E-state index in [-0.39, 0.29) is 23.7 Å². The van der Waals surface area contributed by atoms with Crippen LogP contribution in [0, 0.1) is 12.3 Å². The number of anilines is 1. The van der Waals surface area contributed by atoms with Gasteiger partial charge in [-0.2, -0.15) is 0 Å². The molecule has 0 saturated heterocycles.